The molecule has 0 aliphatic carbocycles. The van der Waals surface area contributed by atoms with Gasteiger partial charge in [0.15, 0.2) is 0 Å². The van der Waals surface area contributed by atoms with E-state index < -0.39 is 5.82 Å². The quantitative estimate of drug-likeness (QED) is 0.549. The lowest BCUT2D eigenvalue weighted by molar-refractivity contribution is 0.632. The molecule has 0 spiro atoms. The molecular formula is C13H10ClFN4. The second kappa shape index (κ2) is 4.20. The van der Waals surface area contributed by atoms with Gasteiger partial charge in [-0.3, -0.25) is 0 Å². The van der Waals surface area contributed by atoms with Gasteiger partial charge in [-0.2, -0.15) is 0 Å². The summed E-state index contributed by atoms with van der Waals surface area (Å²) in [4.78, 5) is 8.10. The van der Waals surface area contributed by atoms with Gasteiger partial charge in [0.05, 0.1) is 5.39 Å². The fourth-order valence-electron chi connectivity index (χ4n) is 2.13. The van der Waals surface area contributed by atoms with E-state index in [0.29, 0.717) is 33.0 Å². The fraction of sp³-hybridized carbons (Fsp3) is 0.0769. The highest BCUT2D eigenvalue weighted by atomic mass is 35.5. The van der Waals surface area contributed by atoms with Crippen LogP contribution in [0.5, 0.6) is 0 Å². The number of halogens is 2. The molecule has 0 atom stereocenters. The van der Waals surface area contributed by atoms with Gasteiger partial charge in [-0.1, -0.05) is 11.6 Å². The Labute approximate surface area is 113 Å². The van der Waals surface area contributed by atoms with Crippen LogP contribution in [0.25, 0.3) is 22.2 Å². The molecule has 4 nitrogen and oxygen atoms in total. The van der Waals surface area contributed by atoms with E-state index in [-0.39, 0.29) is 0 Å². The van der Waals surface area contributed by atoms with Crippen LogP contribution in [0, 0.1) is 5.82 Å². The second-order valence-electron chi connectivity index (χ2n) is 4.26. The Balaban J connectivity index is 2.37. The largest absolute Gasteiger partial charge is 0.399 e. The Hall–Kier alpha value is -2.14. The fourth-order valence-corrected chi connectivity index (χ4v) is 2.36. The number of nitrogen functional groups attached to an aromatic ring is 1. The van der Waals surface area contributed by atoms with Gasteiger partial charge in [-0.05, 0) is 18.2 Å². The third kappa shape index (κ3) is 1.82. The summed E-state index contributed by atoms with van der Waals surface area (Å²) in [6.07, 6.45) is 3.16. The number of rotatable bonds is 1. The monoisotopic (exact) mass is 276 g/mol. The van der Waals surface area contributed by atoms with Crippen LogP contribution in [0.15, 0.2) is 30.7 Å². The van der Waals surface area contributed by atoms with Gasteiger partial charge >= 0.3 is 0 Å². The van der Waals surface area contributed by atoms with Crippen molar-refractivity contribution in [3.8, 4) is 11.1 Å². The smallest absolute Gasteiger partial charge is 0.145 e. The molecule has 19 heavy (non-hydrogen) atoms. The van der Waals surface area contributed by atoms with Crippen LogP contribution in [0.2, 0.25) is 5.15 Å². The summed E-state index contributed by atoms with van der Waals surface area (Å²) >= 11 is 6.10. The van der Waals surface area contributed by atoms with E-state index in [1.54, 1.807) is 22.9 Å². The van der Waals surface area contributed by atoms with Gasteiger partial charge in [0.1, 0.15) is 22.9 Å². The topological polar surface area (TPSA) is 56.7 Å². The van der Waals surface area contributed by atoms with Gasteiger partial charge in [-0.25, -0.2) is 14.4 Å². The van der Waals surface area contributed by atoms with Crippen molar-refractivity contribution in [1.82, 2.24) is 14.5 Å². The average Bonchev–Trinajstić information content (AvgIpc) is 2.68. The first kappa shape index (κ1) is 11.9. The molecule has 2 aromatic heterocycles. The lowest BCUT2D eigenvalue weighted by atomic mass is 10.1. The molecule has 0 amide bonds. The third-order valence-electron chi connectivity index (χ3n) is 2.99. The first-order valence-electron chi connectivity index (χ1n) is 5.59. The number of anilines is 1. The molecular weight excluding hydrogens is 267 g/mol. The summed E-state index contributed by atoms with van der Waals surface area (Å²) in [5.74, 6) is -0.396. The summed E-state index contributed by atoms with van der Waals surface area (Å²) in [7, 11) is 1.82. The highest BCUT2D eigenvalue weighted by molar-refractivity contribution is 6.35. The number of aromatic nitrogens is 3. The summed E-state index contributed by atoms with van der Waals surface area (Å²) in [5, 5.41) is 0.937. The minimum absolute atomic E-state index is 0.303. The average molecular weight is 277 g/mol. The number of hydrogen-bond donors (Lipinski definition) is 1. The van der Waals surface area contributed by atoms with Crippen LogP contribution in [0.1, 0.15) is 0 Å². The van der Waals surface area contributed by atoms with Crippen LogP contribution < -0.4 is 5.73 Å². The summed E-state index contributed by atoms with van der Waals surface area (Å²) in [6, 6.07) is 4.56. The zero-order valence-electron chi connectivity index (χ0n) is 10.1. The molecule has 0 fully saturated rings. The molecule has 6 heteroatoms. The predicted molar refractivity (Wildman–Crippen MR) is 73.3 cm³/mol. The Morgan fingerprint density at radius 1 is 1.26 bits per heavy atom. The van der Waals surface area contributed by atoms with E-state index >= 15 is 0 Å². The van der Waals surface area contributed by atoms with Crippen molar-refractivity contribution in [2.75, 3.05) is 5.73 Å². The number of hydrogen-bond acceptors (Lipinski definition) is 3. The molecule has 1 aromatic carbocycles. The third-order valence-corrected chi connectivity index (χ3v) is 3.28. The van der Waals surface area contributed by atoms with E-state index in [4.69, 9.17) is 17.3 Å². The van der Waals surface area contributed by atoms with Crippen LogP contribution in [0.4, 0.5) is 10.1 Å². The Bertz CT molecular complexity index is 782. The molecule has 0 aliphatic rings. The predicted octanol–water partition coefficient (Wildman–Crippen LogP) is 3.01. The van der Waals surface area contributed by atoms with Crippen LogP contribution in [-0.4, -0.2) is 14.5 Å². The molecule has 0 unspecified atom stereocenters. The maximum Gasteiger partial charge on any atom is 0.145 e. The van der Waals surface area contributed by atoms with Crippen LogP contribution in [-0.2, 0) is 7.05 Å². The van der Waals surface area contributed by atoms with Gasteiger partial charge in [0.25, 0.3) is 0 Å². The molecule has 0 saturated carbocycles. The maximum absolute atomic E-state index is 14.0. The molecule has 0 saturated heterocycles. The van der Waals surface area contributed by atoms with Gasteiger partial charge in [0, 0.05) is 30.1 Å². The first-order valence-corrected chi connectivity index (χ1v) is 5.96. The number of nitrogens with two attached hydrogens (primary N) is 1. The molecule has 0 bridgehead atoms. The van der Waals surface area contributed by atoms with Crippen molar-refractivity contribution in [2.45, 2.75) is 0 Å². The minimum Gasteiger partial charge on any atom is -0.399 e. The second-order valence-corrected chi connectivity index (χ2v) is 4.61. The lowest BCUT2D eigenvalue weighted by Gasteiger charge is -2.03. The Morgan fingerprint density at radius 3 is 2.79 bits per heavy atom. The summed E-state index contributed by atoms with van der Waals surface area (Å²) in [5.41, 5.74) is 7.68. The molecule has 2 heterocycles. The van der Waals surface area contributed by atoms with Crippen molar-refractivity contribution in [2.24, 2.45) is 7.05 Å². The zero-order valence-corrected chi connectivity index (χ0v) is 10.8. The van der Waals surface area contributed by atoms with Crippen molar-refractivity contribution in [1.29, 1.82) is 0 Å². The SMILES string of the molecule is Cn1cc(-c2ccc(N)cc2F)c2c(Cl)ncnc21. The number of aryl methyl sites for hydroxylation is 1. The molecule has 0 aliphatic heterocycles. The molecule has 3 rings (SSSR count). The molecule has 96 valence electrons. The van der Waals surface area contributed by atoms with Gasteiger partial charge in [0.2, 0.25) is 0 Å². The highest BCUT2D eigenvalue weighted by Gasteiger charge is 2.16. The number of benzene rings is 1. The van der Waals surface area contributed by atoms with Crippen molar-refractivity contribution in [3.63, 3.8) is 0 Å². The summed E-state index contributed by atoms with van der Waals surface area (Å²) in [6.45, 7) is 0. The molecule has 2 N–H and O–H groups in total. The van der Waals surface area contributed by atoms with Gasteiger partial charge < -0.3 is 10.3 Å². The van der Waals surface area contributed by atoms with E-state index in [1.165, 1.54) is 12.4 Å². The standard InChI is InChI=1S/C13H10ClFN4/c1-19-5-9(8-3-2-7(16)4-10(8)15)11-12(14)17-6-18-13(11)19/h2-6H,16H2,1H3. The van der Waals surface area contributed by atoms with Gasteiger partial charge in [-0.15, -0.1) is 0 Å². The van der Waals surface area contributed by atoms with E-state index in [2.05, 4.69) is 9.97 Å². The Morgan fingerprint density at radius 2 is 2.05 bits per heavy atom. The van der Waals surface area contributed by atoms with Crippen LogP contribution in [0.3, 0.4) is 0 Å². The first-order chi connectivity index (χ1) is 9.08. The highest BCUT2D eigenvalue weighted by Crippen LogP contribution is 2.34. The van der Waals surface area contributed by atoms with Crippen molar-refractivity contribution >= 4 is 28.3 Å². The molecule has 0 radical (unpaired) electrons. The van der Waals surface area contributed by atoms with E-state index in [1.807, 2.05) is 7.05 Å². The lowest BCUT2D eigenvalue weighted by Crippen LogP contribution is -1.89. The maximum atomic E-state index is 14.0. The van der Waals surface area contributed by atoms with Crippen molar-refractivity contribution < 1.29 is 4.39 Å². The Kier molecular flexibility index (Phi) is 2.64. The number of nitrogens with zero attached hydrogens (tertiary/aromatic N) is 3. The van der Waals surface area contributed by atoms with Crippen LogP contribution >= 0.6 is 11.6 Å². The normalized spacial score (nSPS) is 11.1. The van der Waals surface area contributed by atoms with Crippen molar-refractivity contribution in [3.05, 3.63) is 41.7 Å². The zero-order chi connectivity index (χ0) is 13.6. The van der Waals surface area contributed by atoms with E-state index in [0.717, 1.165) is 0 Å². The molecule has 3 aromatic rings. The summed E-state index contributed by atoms with van der Waals surface area (Å²) < 4.78 is 15.8. The minimum atomic E-state index is -0.396. The van der Waals surface area contributed by atoms with E-state index in [9.17, 15) is 4.39 Å². The number of fused-ring (bicyclic) bond motifs is 1.